The second-order valence-electron chi connectivity index (χ2n) is 11.3. The van der Waals surface area contributed by atoms with Crippen LogP contribution in [0.5, 0.6) is 0 Å². The maximum absolute atomic E-state index is 12.6. The first-order chi connectivity index (χ1) is 19.5. The highest BCUT2D eigenvalue weighted by molar-refractivity contribution is 7.89. The minimum Gasteiger partial charge on any atom is -0.444 e. The van der Waals surface area contributed by atoms with Gasteiger partial charge in [0.1, 0.15) is 11.4 Å². The quantitative estimate of drug-likeness (QED) is 0.214. The second-order valence-corrected chi connectivity index (χ2v) is 13.5. The number of fused-ring (bicyclic) bond motifs is 1. The summed E-state index contributed by atoms with van der Waals surface area (Å²) in [4.78, 5) is 21.5. The molecule has 2 aromatic carbocycles. The smallest absolute Gasteiger partial charge is 0.407 e. The molecule has 222 valence electrons. The van der Waals surface area contributed by atoms with Gasteiger partial charge in [-0.3, -0.25) is 0 Å². The van der Waals surface area contributed by atoms with Crippen molar-refractivity contribution in [2.75, 3.05) is 36.8 Å². The number of carbonyl (C=O) groups is 1. The molecule has 4 rings (SSSR count). The largest absolute Gasteiger partial charge is 0.444 e. The van der Waals surface area contributed by atoms with Crippen LogP contribution in [-0.4, -0.2) is 56.3 Å². The highest BCUT2D eigenvalue weighted by atomic mass is 35.5. The van der Waals surface area contributed by atoms with E-state index in [1.54, 1.807) is 18.2 Å². The molecule has 0 saturated heterocycles. The van der Waals surface area contributed by atoms with E-state index >= 15 is 0 Å². The van der Waals surface area contributed by atoms with Gasteiger partial charge in [-0.05, 0) is 88.6 Å². The SMILES string of the molecule is CC(C)(C)OC(=O)NCCNc1nc(NCC2CCC(CNS(=O)(=O)c3cccc(Cl)c3)CC2)nc2ccccc12. The van der Waals surface area contributed by atoms with Gasteiger partial charge in [-0.1, -0.05) is 29.8 Å². The van der Waals surface area contributed by atoms with Gasteiger partial charge in [0.2, 0.25) is 16.0 Å². The number of halogens is 1. The number of amides is 1. The van der Waals surface area contributed by atoms with Crippen LogP contribution in [0.3, 0.4) is 0 Å². The van der Waals surface area contributed by atoms with Crippen molar-refractivity contribution < 1.29 is 17.9 Å². The van der Waals surface area contributed by atoms with Crippen LogP contribution in [0.2, 0.25) is 5.02 Å². The molecule has 4 N–H and O–H groups in total. The van der Waals surface area contributed by atoms with Crippen molar-refractivity contribution in [3.8, 4) is 0 Å². The lowest BCUT2D eigenvalue weighted by atomic mass is 9.82. The molecule has 1 aliphatic rings. The van der Waals surface area contributed by atoms with Gasteiger partial charge in [0.25, 0.3) is 0 Å². The number of ether oxygens (including phenoxy) is 1. The standard InChI is InChI=1S/C29H39ClN6O4S/c1-29(2,3)40-28(37)32-16-15-31-26-24-9-4-5-10-25(24)35-27(36-26)33-18-20-11-13-21(14-12-20)19-34-41(38,39)23-8-6-7-22(30)17-23/h4-10,17,20-21,34H,11-16,18-19H2,1-3H3,(H,32,37)(H2,31,33,35,36). The van der Waals surface area contributed by atoms with E-state index < -0.39 is 21.7 Å². The summed E-state index contributed by atoms with van der Waals surface area (Å²) >= 11 is 5.95. The van der Waals surface area contributed by atoms with Gasteiger partial charge in [0.05, 0.1) is 10.4 Å². The molecule has 1 saturated carbocycles. The summed E-state index contributed by atoms with van der Waals surface area (Å²) in [7, 11) is -3.58. The Bertz CT molecular complexity index is 1440. The fourth-order valence-electron chi connectivity index (χ4n) is 4.77. The van der Waals surface area contributed by atoms with E-state index in [9.17, 15) is 13.2 Å². The molecular weight excluding hydrogens is 564 g/mol. The maximum atomic E-state index is 12.6. The number of para-hydroxylation sites is 1. The van der Waals surface area contributed by atoms with E-state index in [1.165, 1.54) is 6.07 Å². The highest BCUT2D eigenvalue weighted by Crippen LogP contribution is 2.29. The Morgan fingerprint density at radius 1 is 0.951 bits per heavy atom. The van der Waals surface area contributed by atoms with E-state index in [0.29, 0.717) is 48.3 Å². The molecule has 10 nitrogen and oxygen atoms in total. The molecule has 1 amide bonds. The molecule has 3 aromatic rings. The van der Waals surface area contributed by atoms with Crippen LogP contribution >= 0.6 is 11.6 Å². The number of hydrogen-bond acceptors (Lipinski definition) is 8. The fraction of sp³-hybridized carbons (Fsp3) is 0.483. The molecule has 0 radical (unpaired) electrons. The van der Waals surface area contributed by atoms with Crippen LogP contribution < -0.4 is 20.7 Å². The van der Waals surface area contributed by atoms with Crippen molar-refractivity contribution in [3.05, 3.63) is 53.6 Å². The number of nitrogens with zero attached hydrogens (tertiary/aromatic N) is 2. The van der Waals surface area contributed by atoms with Gasteiger partial charge >= 0.3 is 6.09 Å². The lowest BCUT2D eigenvalue weighted by Gasteiger charge is -2.28. The van der Waals surface area contributed by atoms with E-state index in [-0.39, 0.29) is 4.90 Å². The van der Waals surface area contributed by atoms with Crippen molar-refractivity contribution in [2.45, 2.75) is 57.0 Å². The molecule has 41 heavy (non-hydrogen) atoms. The van der Waals surface area contributed by atoms with Crippen LogP contribution in [0.1, 0.15) is 46.5 Å². The molecule has 0 atom stereocenters. The Balaban J connectivity index is 1.25. The zero-order valence-electron chi connectivity index (χ0n) is 23.7. The number of carbonyl (C=O) groups excluding carboxylic acids is 1. The molecule has 12 heteroatoms. The van der Waals surface area contributed by atoms with Crippen molar-refractivity contribution in [2.24, 2.45) is 11.8 Å². The number of hydrogen-bond donors (Lipinski definition) is 4. The number of alkyl carbamates (subject to hydrolysis) is 1. The minimum absolute atomic E-state index is 0.187. The van der Waals surface area contributed by atoms with E-state index in [2.05, 4.69) is 25.7 Å². The Kier molecular flexibility index (Phi) is 10.3. The molecule has 1 aliphatic carbocycles. The summed E-state index contributed by atoms with van der Waals surface area (Å²) in [5, 5.41) is 10.8. The number of aromatic nitrogens is 2. The zero-order chi connectivity index (χ0) is 29.5. The van der Waals surface area contributed by atoms with Gasteiger partial charge < -0.3 is 20.7 Å². The highest BCUT2D eigenvalue weighted by Gasteiger charge is 2.24. The minimum atomic E-state index is -3.58. The van der Waals surface area contributed by atoms with Gasteiger partial charge in [-0.2, -0.15) is 4.98 Å². The number of anilines is 2. The van der Waals surface area contributed by atoms with E-state index in [1.807, 2.05) is 45.0 Å². The molecular formula is C29H39ClN6O4S. The summed E-state index contributed by atoms with van der Waals surface area (Å²) in [5.41, 5.74) is 0.276. The third-order valence-electron chi connectivity index (χ3n) is 6.87. The number of sulfonamides is 1. The third kappa shape index (κ3) is 9.44. The van der Waals surface area contributed by atoms with Crippen LogP contribution in [0, 0.1) is 11.8 Å². The Morgan fingerprint density at radius 2 is 1.66 bits per heavy atom. The monoisotopic (exact) mass is 602 g/mol. The Hall–Kier alpha value is -3.15. The lowest BCUT2D eigenvalue weighted by molar-refractivity contribution is 0.0530. The first-order valence-corrected chi connectivity index (χ1v) is 15.8. The van der Waals surface area contributed by atoms with Gasteiger partial charge in [-0.15, -0.1) is 0 Å². The Morgan fingerprint density at radius 3 is 2.37 bits per heavy atom. The third-order valence-corrected chi connectivity index (χ3v) is 8.53. The first kappa shape index (κ1) is 30.8. The van der Waals surface area contributed by atoms with Crippen molar-refractivity contribution in [1.82, 2.24) is 20.0 Å². The molecule has 0 bridgehead atoms. The summed E-state index contributed by atoms with van der Waals surface area (Å²) < 4.78 is 33.2. The van der Waals surface area contributed by atoms with Crippen LogP contribution in [0.25, 0.3) is 10.9 Å². The van der Waals surface area contributed by atoms with Gasteiger partial charge in [-0.25, -0.2) is 22.9 Å². The normalized spacial score (nSPS) is 17.7. The second kappa shape index (κ2) is 13.7. The average Bonchev–Trinajstić information content (AvgIpc) is 2.92. The van der Waals surface area contributed by atoms with Crippen LogP contribution in [0.15, 0.2) is 53.4 Å². The van der Waals surface area contributed by atoms with E-state index in [0.717, 1.165) is 43.1 Å². The summed E-state index contributed by atoms with van der Waals surface area (Å²) in [6.07, 6.45) is 3.42. The molecule has 0 spiro atoms. The topological polar surface area (TPSA) is 134 Å². The predicted molar refractivity (Wildman–Crippen MR) is 163 cm³/mol. The summed E-state index contributed by atoms with van der Waals surface area (Å²) in [6.45, 7) is 7.49. The lowest BCUT2D eigenvalue weighted by Crippen LogP contribution is -2.35. The number of benzene rings is 2. The van der Waals surface area contributed by atoms with Crippen molar-refractivity contribution in [1.29, 1.82) is 0 Å². The van der Waals surface area contributed by atoms with E-state index in [4.69, 9.17) is 21.3 Å². The zero-order valence-corrected chi connectivity index (χ0v) is 25.3. The van der Waals surface area contributed by atoms with Crippen LogP contribution in [0.4, 0.5) is 16.6 Å². The molecule has 0 unspecified atom stereocenters. The summed E-state index contributed by atoms with van der Waals surface area (Å²) in [5.74, 6) is 1.98. The molecule has 0 aliphatic heterocycles. The van der Waals surface area contributed by atoms with Crippen molar-refractivity contribution in [3.63, 3.8) is 0 Å². The summed E-state index contributed by atoms with van der Waals surface area (Å²) in [6, 6.07) is 14.1. The number of rotatable bonds is 11. The Labute approximate surface area is 247 Å². The van der Waals surface area contributed by atoms with Crippen molar-refractivity contribution >= 4 is 50.4 Å². The maximum Gasteiger partial charge on any atom is 0.407 e. The molecule has 1 fully saturated rings. The van der Waals surface area contributed by atoms with Gasteiger partial charge in [0, 0.05) is 36.6 Å². The number of nitrogens with one attached hydrogen (secondary N) is 4. The average molecular weight is 603 g/mol. The molecule has 1 aromatic heterocycles. The van der Waals surface area contributed by atoms with Gasteiger partial charge in [0.15, 0.2) is 0 Å². The van der Waals surface area contributed by atoms with Crippen LogP contribution in [-0.2, 0) is 14.8 Å². The predicted octanol–water partition coefficient (Wildman–Crippen LogP) is 5.42. The fourth-order valence-corrected chi connectivity index (χ4v) is 6.19. The molecule has 1 heterocycles. The first-order valence-electron chi connectivity index (χ1n) is 13.9.